The summed E-state index contributed by atoms with van der Waals surface area (Å²) in [6.07, 6.45) is 4.96. The summed E-state index contributed by atoms with van der Waals surface area (Å²) >= 11 is 0. The van der Waals surface area contributed by atoms with Crippen LogP contribution in [0.2, 0.25) is 0 Å². The van der Waals surface area contributed by atoms with Crippen LogP contribution in [0.15, 0.2) is 12.7 Å². The second kappa shape index (κ2) is 3.20. The van der Waals surface area contributed by atoms with Gasteiger partial charge in [0, 0.05) is 0 Å². The van der Waals surface area contributed by atoms with Gasteiger partial charge in [0.2, 0.25) is 0 Å². The molecule has 0 radical (unpaired) electrons. The van der Waals surface area contributed by atoms with Gasteiger partial charge in [-0.15, -0.1) is 6.58 Å². The van der Waals surface area contributed by atoms with Gasteiger partial charge in [-0.2, -0.15) is 0 Å². The van der Waals surface area contributed by atoms with E-state index < -0.39 is 0 Å². The van der Waals surface area contributed by atoms with Crippen molar-refractivity contribution in [3.8, 4) is 0 Å². The molecule has 0 aromatic rings. The quantitative estimate of drug-likeness (QED) is 0.552. The zero-order valence-electron chi connectivity index (χ0n) is 6.59. The SMILES string of the molecule is C=CC1CC(O)CCC1C. The Morgan fingerprint density at radius 3 is 2.70 bits per heavy atom. The summed E-state index contributed by atoms with van der Waals surface area (Å²) in [7, 11) is 0. The lowest BCUT2D eigenvalue weighted by Crippen LogP contribution is -2.24. The van der Waals surface area contributed by atoms with E-state index in [0.29, 0.717) is 5.92 Å². The van der Waals surface area contributed by atoms with Gasteiger partial charge in [0.1, 0.15) is 0 Å². The first-order valence-electron chi connectivity index (χ1n) is 4.04. The molecule has 3 atom stereocenters. The normalized spacial score (nSPS) is 41.2. The summed E-state index contributed by atoms with van der Waals surface area (Å²) in [6.45, 7) is 5.99. The fourth-order valence-electron chi connectivity index (χ4n) is 1.66. The van der Waals surface area contributed by atoms with Crippen LogP contribution < -0.4 is 0 Å². The van der Waals surface area contributed by atoms with Gasteiger partial charge < -0.3 is 5.11 Å². The average Bonchev–Trinajstić information content (AvgIpc) is 1.94. The third-order valence-corrected chi connectivity index (χ3v) is 2.53. The maximum atomic E-state index is 9.28. The Bertz CT molecular complexity index is 120. The monoisotopic (exact) mass is 140 g/mol. The molecule has 0 spiro atoms. The van der Waals surface area contributed by atoms with Crippen LogP contribution in [0.4, 0.5) is 0 Å². The van der Waals surface area contributed by atoms with Crippen molar-refractivity contribution in [2.45, 2.75) is 32.3 Å². The highest BCUT2D eigenvalue weighted by atomic mass is 16.3. The second-order valence-electron chi connectivity index (χ2n) is 3.34. The molecule has 1 heteroatoms. The van der Waals surface area contributed by atoms with E-state index in [0.717, 1.165) is 25.2 Å². The van der Waals surface area contributed by atoms with Crippen LogP contribution >= 0.6 is 0 Å². The summed E-state index contributed by atoms with van der Waals surface area (Å²) in [5.74, 6) is 1.27. The van der Waals surface area contributed by atoms with Crippen LogP contribution in [0.3, 0.4) is 0 Å². The molecule has 1 nitrogen and oxygen atoms in total. The fraction of sp³-hybridized carbons (Fsp3) is 0.778. The van der Waals surface area contributed by atoms with Crippen molar-refractivity contribution < 1.29 is 5.11 Å². The van der Waals surface area contributed by atoms with Gasteiger partial charge in [-0.05, 0) is 31.1 Å². The molecule has 58 valence electrons. The molecule has 0 aromatic heterocycles. The molecule has 1 aliphatic rings. The van der Waals surface area contributed by atoms with E-state index in [1.54, 1.807) is 0 Å². The van der Waals surface area contributed by atoms with Gasteiger partial charge in [-0.1, -0.05) is 13.0 Å². The number of rotatable bonds is 1. The summed E-state index contributed by atoms with van der Waals surface area (Å²) < 4.78 is 0. The van der Waals surface area contributed by atoms with Crippen molar-refractivity contribution in [2.75, 3.05) is 0 Å². The first kappa shape index (κ1) is 7.80. The number of aliphatic hydroxyl groups is 1. The first-order chi connectivity index (χ1) is 4.74. The van der Waals surface area contributed by atoms with Crippen LogP contribution in [0.1, 0.15) is 26.2 Å². The molecule has 1 aliphatic carbocycles. The fourth-order valence-corrected chi connectivity index (χ4v) is 1.66. The van der Waals surface area contributed by atoms with E-state index >= 15 is 0 Å². The molecule has 0 amide bonds. The Labute approximate surface area is 62.8 Å². The lowest BCUT2D eigenvalue weighted by Gasteiger charge is -2.29. The highest BCUT2D eigenvalue weighted by Crippen LogP contribution is 2.30. The summed E-state index contributed by atoms with van der Waals surface area (Å²) in [6, 6.07) is 0. The van der Waals surface area contributed by atoms with E-state index in [4.69, 9.17) is 0 Å². The van der Waals surface area contributed by atoms with E-state index in [1.807, 2.05) is 6.08 Å². The van der Waals surface area contributed by atoms with Crippen LogP contribution in [0.5, 0.6) is 0 Å². The molecule has 3 unspecified atom stereocenters. The van der Waals surface area contributed by atoms with Crippen molar-refractivity contribution in [2.24, 2.45) is 11.8 Å². The van der Waals surface area contributed by atoms with Crippen LogP contribution in [0, 0.1) is 11.8 Å². The summed E-state index contributed by atoms with van der Waals surface area (Å²) in [5, 5.41) is 9.28. The maximum absolute atomic E-state index is 9.28. The van der Waals surface area contributed by atoms with Crippen molar-refractivity contribution in [3.63, 3.8) is 0 Å². The highest BCUT2D eigenvalue weighted by Gasteiger charge is 2.23. The van der Waals surface area contributed by atoms with Gasteiger partial charge >= 0.3 is 0 Å². The Balaban J connectivity index is 2.45. The Kier molecular flexibility index (Phi) is 2.50. The van der Waals surface area contributed by atoms with E-state index in [9.17, 15) is 5.11 Å². The van der Waals surface area contributed by atoms with Gasteiger partial charge in [0.25, 0.3) is 0 Å². The van der Waals surface area contributed by atoms with Crippen molar-refractivity contribution in [1.82, 2.24) is 0 Å². The van der Waals surface area contributed by atoms with Gasteiger partial charge in [-0.3, -0.25) is 0 Å². The molecule has 0 bridgehead atoms. The lowest BCUT2D eigenvalue weighted by molar-refractivity contribution is 0.0898. The predicted molar refractivity (Wildman–Crippen MR) is 42.7 cm³/mol. The first-order valence-corrected chi connectivity index (χ1v) is 4.04. The lowest BCUT2D eigenvalue weighted by atomic mass is 9.79. The van der Waals surface area contributed by atoms with Crippen LogP contribution in [-0.4, -0.2) is 11.2 Å². The minimum atomic E-state index is -0.0702. The minimum absolute atomic E-state index is 0.0702. The number of allylic oxidation sites excluding steroid dienone is 1. The van der Waals surface area contributed by atoms with Crippen molar-refractivity contribution >= 4 is 0 Å². The van der Waals surface area contributed by atoms with Gasteiger partial charge in [0.15, 0.2) is 0 Å². The molecule has 0 aliphatic heterocycles. The molecular formula is C9H16O. The Morgan fingerprint density at radius 1 is 1.50 bits per heavy atom. The molecule has 1 N–H and O–H groups in total. The van der Waals surface area contributed by atoms with E-state index in [1.165, 1.54) is 0 Å². The van der Waals surface area contributed by atoms with E-state index in [-0.39, 0.29) is 6.10 Å². The molecular weight excluding hydrogens is 124 g/mol. The zero-order chi connectivity index (χ0) is 7.56. The standard InChI is InChI=1S/C9H16O/c1-3-8-6-9(10)5-4-7(8)2/h3,7-10H,1,4-6H2,2H3. The third-order valence-electron chi connectivity index (χ3n) is 2.53. The highest BCUT2D eigenvalue weighted by molar-refractivity contribution is 4.88. The second-order valence-corrected chi connectivity index (χ2v) is 3.34. The molecule has 1 fully saturated rings. The Hall–Kier alpha value is -0.300. The molecule has 0 saturated heterocycles. The molecule has 1 saturated carbocycles. The predicted octanol–water partition coefficient (Wildman–Crippen LogP) is 1.97. The summed E-state index contributed by atoms with van der Waals surface area (Å²) in [5.41, 5.74) is 0. The molecule has 1 rings (SSSR count). The minimum Gasteiger partial charge on any atom is -0.393 e. The zero-order valence-corrected chi connectivity index (χ0v) is 6.59. The number of hydrogen-bond acceptors (Lipinski definition) is 1. The molecule has 0 aromatic carbocycles. The number of aliphatic hydroxyl groups excluding tert-OH is 1. The summed E-state index contributed by atoms with van der Waals surface area (Å²) in [4.78, 5) is 0. The maximum Gasteiger partial charge on any atom is 0.0546 e. The average molecular weight is 140 g/mol. The topological polar surface area (TPSA) is 20.2 Å². The van der Waals surface area contributed by atoms with Gasteiger partial charge in [0.05, 0.1) is 6.10 Å². The van der Waals surface area contributed by atoms with Gasteiger partial charge in [-0.25, -0.2) is 0 Å². The Morgan fingerprint density at radius 2 is 2.20 bits per heavy atom. The molecule has 0 heterocycles. The molecule has 10 heavy (non-hydrogen) atoms. The van der Waals surface area contributed by atoms with Crippen LogP contribution in [-0.2, 0) is 0 Å². The smallest absolute Gasteiger partial charge is 0.0546 e. The van der Waals surface area contributed by atoms with E-state index in [2.05, 4.69) is 13.5 Å². The largest absolute Gasteiger partial charge is 0.393 e. The number of hydrogen-bond donors (Lipinski definition) is 1. The van der Waals surface area contributed by atoms with Crippen LogP contribution in [0.25, 0.3) is 0 Å². The van der Waals surface area contributed by atoms with Crippen molar-refractivity contribution in [1.29, 1.82) is 0 Å². The third kappa shape index (κ3) is 1.60. The van der Waals surface area contributed by atoms with Crippen molar-refractivity contribution in [3.05, 3.63) is 12.7 Å².